The lowest BCUT2D eigenvalue weighted by Gasteiger charge is -2.47. The molecule has 0 fully saturated rings. The summed E-state index contributed by atoms with van der Waals surface area (Å²) in [7, 11) is 0. The first-order valence-electron chi connectivity index (χ1n) is 9.26. The highest BCUT2D eigenvalue weighted by Gasteiger charge is 2.54. The first-order valence-corrected chi connectivity index (χ1v) is 9.26. The molecule has 0 aromatic heterocycles. The lowest BCUT2D eigenvalue weighted by atomic mass is 9.60. The molecule has 1 heterocycles. The van der Waals surface area contributed by atoms with E-state index in [-0.39, 0.29) is 17.5 Å². The van der Waals surface area contributed by atoms with Gasteiger partial charge in [0.2, 0.25) is 0 Å². The molecule has 1 aliphatic heterocycles. The number of rotatable bonds is 5. The van der Waals surface area contributed by atoms with Crippen molar-refractivity contribution in [1.29, 1.82) is 0 Å². The zero-order valence-electron chi connectivity index (χ0n) is 15.9. The van der Waals surface area contributed by atoms with Gasteiger partial charge in [-0.2, -0.15) is 0 Å². The van der Waals surface area contributed by atoms with Crippen LogP contribution in [0.15, 0.2) is 47.1 Å². The summed E-state index contributed by atoms with van der Waals surface area (Å²) >= 11 is 0. The number of hydrogen-bond acceptors (Lipinski definition) is 6. The van der Waals surface area contributed by atoms with E-state index in [2.05, 4.69) is 0 Å². The SMILES string of the molecule is C/C=C/CCC(=O)O[C@H]1C=CC2=C[C@]3(O)OC(=O)C(CO)=C3C[C@]2(C)[C@H]1C. The summed E-state index contributed by atoms with van der Waals surface area (Å²) in [6.45, 7) is 5.42. The minimum atomic E-state index is -1.80. The van der Waals surface area contributed by atoms with E-state index in [4.69, 9.17) is 9.47 Å². The fourth-order valence-electron chi connectivity index (χ4n) is 4.07. The Hall–Kier alpha value is -2.18. The molecule has 146 valence electrons. The zero-order chi connectivity index (χ0) is 19.8. The monoisotopic (exact) mass is 374 g/mol. The van der Waals surface area contributed by atoms with Crippen molar-refractivity contribution in [2.75, 3.05) is 6.61 Å². The van der Waals surface area contributed by atoms with Crippen molar-refractivity contribution in [3.05, 3.63) is 47.1 Å². The molecule has 0 saturated heterocycles. The summed E-state index contributed by atoms with van der Waals surface area (Å²) in [4.78, 5) is 24.1. The molecule has 0 aromatic carbocycles. The Bertz CT molecular complexity index is 774. The lowest BCUT2D eigenvalue weighted by Crippen LogP contribution is -2.46. The number of aliphatic hydroxyl groups excluding tert-OH is 1. The van der Waals surface area contributed by atoms with E-state index in [1.807, 2.05) is 45.1 Å². The third kappa shape index (κ3) is 3.28. The van der Waals surface area contributed by atoms with Gasteiger partial charge in [-0.3, -0.25) is 4.79 Å². The molecule has 6 nitrogen and oxygen atoms in total. The van der Waals surface area contributed by atoms with Gasteiger partial charge in [0.15, 0.2) is 0 Å². The highest BCUT2D eigenvalue weighted by atomic mass is 16.7. The fourth-order valence-corrected chi connectivity index (χ4v) is 4.07. The van der Waals surface area contributed by atoms with Crippen molar-refractivity contribution in [2.45, 2.75) is 51.9 Å². The van der Waals surface area contributed by atoms with Gasteiger partial charge in [0.1, 0.15) is 6.10 Å². The van der Waals surface area contributed by atoms with Crippen LogP contribution in [-0.4, -0.2) is 40.6 Å². The van der Waals surface area contributed by atoms with Crippen molar-refractivity contribution >= 4 is 11.9 Å². The number of carbonyl (C=O) groups is 2. The zero-order valence-corrected chi connectivity index (χ0v) is 15.9. The van der Waals surface area contributed by atoms with Gasteiger partial charge in [0.25, 0.3) is 5.79 Å². The number of esters is 2. The predicted molar refractivity (Wildman–Crippen MR) is 98.2 cm³/mol. The van der Waals surface area contributed by atoms with E-state index >= 15 is 0 Å². The van der Waals surface area contributed by atoms with Crippen molar-refractivity contribution in [3.63, 3.8) is 0 Å². The average molecular weight is 374 g/mol. The Labute approximate surface area is 158 Å². The van der Waals surface area contributed by atoms with Gasteiger partial charge in [-0.15, -0.1) is 0 Å². The maximum atomic E-state index is 12.1. The third-order valence-electron chi connectivity index (χ3n) is 5.99. The van der Waals surface area contributed by atoms with Crippen molar-refractivity contribution in [2.24, 2.45) is 11.3 Å². The summed E-state index contributed by atoms with van der Waals surface area (Å²) in [5.41, 5.74) is 0.866. The quantitative estimate of drug-likeness (QED) is 0.567. The Morgan fingerprint density at radius 2 is 2.22 bits per heavy atom. The van der Waals surface area contributed by atoms with E-state index < -0.39 is 29.9 Å². The standard InChI is InChI=1S/C21H26O6/c1-4-5-6-7-18(23)26-17-9-8-14-10-21(25)16(11-20(14,3)13(17)2)15(12-22)19(24)27-21/h4-5,8-10,13,17,22,25H,6-7,11-12H2,1-3H3/b5-4+/t13-,17-,20+,21-/m0/s1. The van der Waals surface area contributed by atoms with Gasteiger partial charge in [0.05, 0.1) is 12.2 Å². The Morgan fingerprint density at radius 1 is 1.48 bits per heavy atom. The molecular weight excluding hydrogens is 348 g/mol. The predicted octanol–water partition coefficient (Wildman–Crippen LogP) is 2.33. The number of carbonyl (C=O) groups excluding carboxylic acids is 2. The number of fused-ring (bicyclic) bond motifs is 2. The second-order valence-corrected chi connectivity index (χ2v) is 7.61. The number of hydrogen-bond donors (Lipinski definition) is 2. The molecule has 0 amide bonds. The molecule has 0 spiro atoms. The van der Waals surface area contributed by atoms with E-state index in [9.17, 15) is 19.8 Å². The van der Waals surface area contributed by atoms with E-state index in [0.29, 0.717) is 24.8 Å². The highest BCUT2D eigenvalue weighted by Crippen LogP contribution is 2.54. The summed E-state index contributed by atoms with van der Waals surface area (Å²) in [5.74, 6) is -2.83. The molecule has 2 aliphatic carbocycles. The second kappa shape index (κ2) is 7.09. The first kappa shape index (κ1) is 19.6. The van der Waals surface area contributed by atoms with Crippen LogP contribution in [-0.2, 0) is 19.1 Å². The Balaban J connectivity index is 1.87. The molecule has 0 aromatic rings. The van der Waals surface area contributed by atoms with Crippen LogP contribution in [0.1, 0.15) is 40.0 Å². The lowest BCUT2D eigenvalue weighted by molar-refractivity contribution is -0.170. The van der Waals surface area contributed by atoms with Gasteiger partial charge < -0.3 is 19.7 Å². The van der Waals surface area contributed by atoms with Crippen LogP contribution in [0.5, 0.6) is 0 Å². The van der Waals surface area contributed by atoms with E-state index in [0.717, 1.165) is 5.57 Å². The molecular formula is C21H26O6. The van der Waals surface area contributed by atoms with Gasteiger partial charge in [0, 0.05) is 23.3 Å². The number of ether oxygens (including phenoxy) is 2. The van der Waals surface area contributed by atoms with Crippen LogP contribution in [0, 0.1) is 11.3 Å². The summed E-state index contributed by atoms with van der Waals surface area (Å²) in [5, 5.41) is 20.3. The molecule has 4 atom stereocenters. The van der Waals surface area contributed by atoms with E-state index in [1.54, 1.807) is 0 Å². The largest absolute Gasteiger partial charge is 0.458 e. The Morgan fingerprint density at radius 3 is 2.89 bits per heavy atom. The van der Waals surface area contributed by atoms with Crippen LogP contribution < -0.4 is 0 Å². The minimum Gasteiger partial charge on any atom is -0.458 e. The first-order chi connectivity index (χ1) is 12.7. The summed E-state index contributed by atoms with van der Waals surface area (Å²) in [6, 6.07) is 0. The van der Waals surface area contributed by atoms with Crippen molar-refractivity contribution < 1.29 is 29.3 Å². The van der Waals surface area contributed by atoms with Crippen LogP contribution >= 0.6 is 0 Å². The molecule has 3 aliphatic rings. The molecule has 3 rings (SSSR count). The third-order valence-corrected chi connectivity index (χ3v) is 5.99. The van der Waals surface area contributed by atoms with Crippen LogP contribution in [0.25, 0.3) is 0 Å². The molecule has 0 saturated carbocycles. The van der Waals surface area contributed by atoms with Crippen molar-refractivity contribution in [3.8, 4) is 0 Å². The van der Waals surface area contributed by atoms with Crippen LogP contribution in [0.3, 0.4) is 0 Å². The number of aliphatic hydroxyl groups is 2. The maximum absolute atomic E-state index is 12.1. The summed E-state index contributed by atoms with van der Waals surface area (Å²) < 4.78 is 10.8. The maximum Gasteiger partial charge on any atom is 0.339 e. The number of allylic oxidation sites excluding steroid dienone is 4. The average Bonchev–Trinajstić information content (AvgIpc) is 2.85. The summed E-state index contributed by atoms with van der Waals surface area (Å²) in [6.07, 6.45) is 9.90. The van der Waals surface area contributed by atoms with Crippen LogP contribution in [0.2, 0.25) is 0 Å². The molecule has 6 heteroatoms. The molecule has 0 unspecified atom stereocenters. The van der Waals surface area contributed by atoms with Gasteiger partial charge in [-0.05, 0) is 37.5 Å². The van der Waals surface area contributed by atoms with Gasteiger partial charge in [-0.25, -0.2) is 4.79 Å². The normalized spacial score (nSPS) is 35.0. The molecule has 2 N–H and O–H groups in total. The van der Waals surface area contributed by atoms with Crippen LogP contribution in [0.4, 0.5) is 0 Å². The Kier molecular flexibility index (Phi) is 5.14. The topological polar surface area (TPSA) is 93.1 Å². The van der Waals surface area contributed by atoms with E-state index in [1.165, 1.54) is 6.08 Å². The van der Waals surface area contributed by atoms with Gasteiger partial charge >= 0.3 is 11.9 Å². The van der Waals surface area contributed by atoms with Crippen molar-refractivity contribution in [1.82, 2.24) is 0 Å². The molecule has 0 bridgehead atoms. The highest BCUT2D eigenvalue weighted by molar-refractivity contribution is 5.93. The minimum absolute atomic E-state index is 0.0767. The van der Waals surface area contributed by atoms with Gasteiger partial charge in [-0.1, -0.05) is 32.1 Å². The molecule has 27 heavy (non-hydrogen) atoms. The smallest absolute Gasteiger partial charge is 0.339 e. The fraction of sp³-hybridized carbons (Fsp3) is 0.524. The second-order valence-electron chi connectivity index (χ2n) is 7.61. The molecule has 0 radical (unpaired) electrons.